The van der Waals surface area contributed by atoms with Gasteiger partial charge in [-0.2, -0.15) is 0 Å². The molecule has 88 valence electrons. The largest absolute Gasteiger partial charge is 0.355 e. The van der Waals surface area contributed by atoms with Crippen LogP contribution in [-0.4, -0.2) is 43.0 Å². The Morgan fingerprint density at radius 2 is 2.25 bits per heavy atom. The maximum absolute atomic E-state index is 11.4. The van der Waals surface area contributed by atoms with Crippen molar-refractivity contribution in [1.82, 2.24) is 15.2 Å². The smallest absolute Gasteiger partial charge is 0.220 e. The topological polar surface area (TPSA) is 45.2 Å². The third kappa shape index (κ3) is 5.46. The first kappa shape index (κ1) is 12.6. The first-order valence-corrected chi connectivity index (χ1v) is 5.50. The Morgan fingerprint density at radius 1 is 1.44 bits per heavy atom. The molecule has 0 saturated carbocycles. The molecule has 0 atom stereocenters. The lowest BCUT2D eigenvalue weighted by molar-refractivity contribution is -0.121. The molecule has 0 aromatic carbocycles. The van der Waals surface area contributed by atoms with Crippen molar-refractivity contribution in [2.24, 2.45) is 0 Å². The Hall–Kier alpha value is -1.42. The maximum Gasteiger partial charge on any atom is 0.220 e. The van der Waals surface area contributed by atoms with E-state index in [-0.39, 0.29) is 5.91 Å². The number of hydrogen-bond acceptors (Lipinski definition) is 3. The minimum atomic E-state index is 0.0903. The van der Waals surface area contributed by atoms with Gasteiger partial charge in [-0.3, -0.25) is 9.78 Å². The van der Waals surface area contributed by atoms with Crippen LogP contribution in [0.2, 0.25) is 0 Å². The quantitative estimate of drug-likeness (QED) is 0.769. The van der Waals surface area contributed by atoms with Crippen LogP contribution in [0, 0.1) is 0 Å². The van der Waals surface area contributed by atoms with Crippen molar-refractivity contribution in [3.63, 3.8) is 0 Å². The molecule has 1 aromatic rings. The van der Waals surface area contributed by atoms with Crippen molar-refractivity contribution < 1.29 is 4.79 Å². The molecule has 0 spiro atoms. The number of carbonyl (C=O) groups excluding carboxylic acids is 1. The van der Waals surface area contributed by atoms with Gasteiger partial charge in [0.1, 0.15) is 0 Å². The molecule has 0 aliphatic heterocycles. The fourth-order valence-corrected chi connectivity index (χ4v) is 1.29. The molecular formula is C12H19N3O. The predicted molar refractivity (Wildman–Crippen MR) is 64.1 cm³/mol. The number of likely N-dealkylation sites (N-methyl/N-ethyl adjacent to an activating group) is 1. The lowest BCUT2D eigenvalue weighted by atomic mass is 10.2. The van der Waals surface area contributed by atoms with Crippen molar-refractivity contribution >= 4 is 5.91 Å². The van der Waals surface area contributed by atoms with Gasteiger partial charge in [0.2, 0.25) is 5.91 Å². The van der Waals surface area contributed by atoms with E-state index in [1.165, 1.54) is 0 Å². The van der Waals surface area contributed by atoms with E-state index in [4.69, 9.17) is 0 Å². The summed E-state index contributed by atoms with van der Waals surface area (Å²) in [6.45, 7) is 1.57. The molecule has 4 nitrogen and oxygen atoms in total. The Bertz CT molecular complexity index is 311. The third-order valence-electron chi connectivity index (χ3n) is 2.22. The van der Waals surface area contributed by atoms with Crippen LogP contribution in [-0.2, 0) is 11.2 Å². The number of hydrogen-bond donors (Lipinski definition) is 1. The zero-order valence-corrected chi connectivity index (χ0v) is 9.94. The number of pyridine rings is 1. The monoisotopic (exact) mass is 221 g/mol. The van der Waals surface area contributed by atoms with Gasteiger partial charge in [-0.1, -0.05) is 6.07 Å². The fourth-order valence-electron chi connectivity index (χ4n) is 1.29. The summed E-state index contributed by atoms with van der Waals surface area (Å²) < 4.78 is 0. The predicted octanol–water partition coefficient (Wildman–Crippen LogP) is 0.692. The van der Waals surface area contributed by atoms with E-state index in [1.54, 1.807) is 6.20 Å². The number of nitrogens with one attached hydrogen (secondary N) is 1. The molecule has 0 saturated heterocycles. The minimum absolute atomic E-state index is 0.0903. The lowest BCUT2D eigenvalue weighted by Gasteiger charge is -2.10. The van der Waals surface area contributed by atoms with E-state index in [9.17, 15) is 4.79 Å². The van der Waals surface area contributed by atoms with Gasteiger partial charge in [0.05, 0.1) is 0 Å². The van der Waals surface area contributed by atoms with Gasteiger partial charge >= 0.3 is 0 Å². The van der Waals surface area contributed by atoms with E-state index in [2.05, 4.69) is 10.3 Å². The number of aryl methyl sites for hydroxylation is 1. The average molecular weight is 221 g/mol. The number of nitrogens with zero attached hydrogens (tertiary/aromatic N) is 2. The van der Waals surface area contributed by atoms with Crippen molar-refractivity contribution in [1.29, 1.82) is 0 Å². The molecule has 1 amide bonds. The Kier molecular flexibility index (Phi) is 5.50. The second kappa shape index (κ2) is 6.95. The van der Waals surface area contributed by atoms with Crippen LogP contribution in [0.15, 0.2) is 24.4 Å². The summed E-state index contributed by atoms with van der Waals surface area (Å²) in [4.78, 5) is 17.7. The summed E-state index contributed by atoms with van der Waals surface area (Å²) in [5, 5.41) is 2.88. The average Bonchev–Trinajstić information content (AvgIpc) is 2.27. The Morgan fingerprint density at radius 3 is 2.88 bits per heavy atom. The molecule has 0 bridgehead atoms. The molecule has 0 aliphatic carbocycles. The highest BCUT2D eigenvalue weighted by Crippen LogP contribution is 1.97. The number of carbonyl (C=O) groups is 1. The van der Waals surface area contributed by atoms with Crippen molar-refractivity contribution in [2.75, 3.05) is 27.2 Å². The van der Waals surface area contributed by atoms with E-state index < -0.39 is 0 Å². The maximum atomic E-state index is 11.4. The van der Waals surface area contributed by atoms with E-state index in [0.717, 1.165) is 12.2 Å². The van der Waals surface area contributed by atoms with Crippen LogP contribution in [0.3, 0.4) is 0 Å². The van der Waals surface area contributed by atoms with Gasteiger partial charge in [-0.05, 0) is 32.6 Å². The minimum Gasteiger partial charge on any atom is -0.355 e. The molecule has 1 N–H and O–H groups in total. The van der Waals surface area contributed by atoms with Crippen LogP contribution in [0.5, 0.6) is 0 Å². The van der Waals surface area contributed by atoms with Crippen molar-refractivity contribution in [3.8, 4) is 0 Å². The van der Waals surface area contributed by atoms with Crippen molar-refractivity contribution in [3.05, 3.63) is 30.1 Å². The second-order valence-electron chi connectivity index (χ2n) is 3.97. The second-order valence-corrected chi connectivity index (χ2v) is 3.97. The summed E-state index contributed by atoms with van der Waals surface area (Å²) in [5.41, 5.74) is 0.963. The molecular weight excluding hydrogens is 202 g/mol. The Balaban J connectivity index is 2.16. The highest BCUT2D eigenvalue weighted by Gasteiger charge is 2.02. The van der Waals surface area contributed by atoms with Gasteiger partial charge in [-0.15, -0.1) is 0 Å². The molecule has 4 heteroatoms. The first-order valence-electron chi connectivity index (χ1n) is 5.50. The number of aromatic nitrogens is 1. The SMILES string of the molecule is CN(C)CCNC(=O)CCc1ccccn1. The summed E-state index contributed by atoms with van der Waals surface area (Å²) >= 11 is 0. The highest BCUT2D eigenvalue weighted by atomic mass is 16.1. The molecule has 1 heterocycles. The highest BCUT2D eigenvalue weighted by molar-refractivity contribution is 5.76. The number of rotatable bonds is 6. The van der Waals surface area contributed by atoms with Gasteiger partial charge < -0.3 is 10.2 Å². The lowest BCUT2D eigenvalue weighted by Crippen LogP contribution is -2.31. The fraction of sp³-hybridized carbons (Fsp3) is 0.500. The molecule has 1 aromatic heterocycles. The summed E-state index contributed by atoms with van der Waals surface area (Å²) in [6, 6.07) is 5.75. The van der Waals surface area contributed by atoms with Crippen LogP contribution < -0.4 is 5.32 Å². The van der Waals surface area contributed by atoms with Crippen molar-refractivity contribution in [2.45, 2.75) is 12.8 Å². The van der Waals surface area contributed by atoms with Crippen LogP contribution >= 0.6 is 0 Å². The molecule has 1 rings (SSSR count). The Labute approximate surface area is 96.7 Å². The standard InChI is InChI=1S/C12H19N3O/c1-15(2)10-9-14-12(16)7-6-11-5-3-4-8-13-11/h3-5,8H,6-7,9-10H2,1-2H3,(H,14,16). The van der Waals surface area contributed by atoms with E-state index in [1.807, 2.05) is 37.2 Å². The van der Waals surface area contributed by atoms with Gasteiger partial charge in [-0.25, -0.2) is 0 Å². The normalized spacial score (nSPS) is 10.4. The number of amides is 1. The molecule has 0 fully saturated rings. The van der Waals surface area contributed by atoms with Gasteiger partial charge in [0.15, 0.2) is 0 Å². The summed E-state index contributed by atoms with van der Waals surface area (Å²) in [7, 11) is 3.97. The van der Waals surface area contributed by atoms with Gasteiger partial charge in [0.25, 0.3) is 0 Å². The van der Waals surface area contributed by atoms with Crippen LogP contribution in [0.1, 0.15) is 12.1 Å². The molecule has 16 heavy (non-hydrogen) atoms. The van der Waals surface area contributed by atoms with Gasteiger partial charge in [0, 0.05) is 31.4 Å². The summed E-state index contributed by atoms with van der Waals surface area (Å²) in [5.74, 6) is 0.0903. The van der Waals surface area contributed by atoms with Crippen LogP contribution in [0.25, 0.3) is 0 Å². The molecule has 0 radical (unpaired) electrons. The van der Waals surface area contributed by atoms with E-state index in [0.29, 0.717) is 19.4 Å². The van der Waals surface area contributed by atoms with E-state index >= 15 is 0 Å². The van der Waals surface area contributed by atoms with Crippen LogP contribution in [0.4, 0.5) is 0 Å². The summed E-state index contributed by atoms with van der Waals surface area (Å²) in [6.07, 6.45) is 2.96. The first-order chi connectivity index (χ1) is 7.68. The molecule has 0 aliphatic rings. The third-order valence-corrected chi connectivity index (χ3v) is 2.22. The molecule has 0 unspecified atom stereocenters. The zero-order chi connectivity index (χ0) is 11.8. The zero-order valence-electron chi connectivity index (χ0n) is 9.94.